The largest absolute Gasteiger partial charge is 0.351 e. The third-order valence-corrected chi connectivity index (χ3v) is 3.97. The van der Waals surface area contributed by atoms with Crippen LogP contribution in [0.1, 0.15) is 33.1 Å². The predicted octanol–water partition coefficient (Wildman–Crippen LogP) is 2.48. The molecule has 1 saturated heterocycles. The highest BCUT2D eigenvalue weighted by Gasteiger charge is 2.32. The van der Waals surface area contributed by atoms with E-state index >= 15 is 0 Å². The Bertz CT molecular complexity index is 512. The van der Waals surface area contributed by atoms with Gasteiger partial charge in [0.05, 0.1) is 6.04 Å². The number of anilines is 1. The molecule has 2 rings (SSSR count). The molecule has 1 fully saturated rings. The van der Waals surface area contributed by atoms with Gasteiger partial charge in [-0.05, 0) is 37.1 Å². The zero-order valence-electron chi connectivity index (χ0n) is 12.4. The Morgan fingerprint density at radius 3 is 2.52 bits per heavy atom. The summed E-state index contributed by atoms with van der Waals surface area (Å²) in [6.45, 7) is 4.41. The zero-order chi connectivity index (χ0) is 15.4. The maximum atomic E-state index is 12.9. The van der Waals surface area contributed by atoms with E-state index in [2.05, 4.69) is 5.32 Å². The molecule has 0 aromatic heterocycles. The van der Waals surface area contributed by atoms with Gasteiger partial charge in [-0.15, -0.1) is 0 Å². The number of benzene rings is 1. The van der Waals surface area contributed by atoms with Crippen LogP contribution in [0.15, 0.2) is 24.3 Å². The van der Waals surface area contributed by atoms with Crippen LogP contribution in [0.4, 0.5) is 10.1 Å². The second-order valence-corrected chi connectivity index (χ2v) is 5.40. The van der Waals surface area contributed by atoms with Crippen LogP contribution in [-0.4, -0.2) is 24.4 Å². The summed E-state index contributed by atoms with van der Waals surface area (Å²) in [5.41, 5.74) is 0.667. The molecule has 0 spiro atoms. The molecule has 21 heavy (non-hydrogen) atoms. The number of nitrogens with zero attached hydrogens (tertiary/aromatic N) is 1. The van der Waals surface area contributed by atoms with E-state index in [9.17, 15) is 14.0 Å². The van der Waals surface area contributed by atoms with E-state index in [0.717, 1.165) is 12.8 Å². The van der Waals surface area contributed by atoms with Gasteiger partial charge in [-0.1, -0.05) is 13.8 Å². The maximum Gasteiger partial charge on any atom is 0.229 e. The minimum atomic E-state index is -0.330. The van der Waals surface area contributed by atoms with Crippen molar-refractivity contribution >= 4 is 17.5 Å². The highest BCUT2D eigenvalue weighted by Crippen LogP contribution is 2.22. The molecule has 1 aliphatic heterocycles. The fraction of sp³-hybridized carbons (Fsp3) is 0.500. The maximum absolute atomic E-state index is 12.9. The standard InChI is InChI=1S/C16H21FN2O2/c1-3-11(4-2)16(21)18-13-9-15(20)19(10-13)14-7-5-12(17)6-8-14/h5-8,11,13H,3-4,9-10H2,1-2H3,(H,18,21)/t13-/m0/s1. The SMILES string of the molecule is CCC(CC)C(=O)N[C@H]1CC(=O)N(c2ccc(F)cc2)C1. The van der Waals surface area contributed by atoms with Crippen molar-refractivity contribution in [1.29, 1.82) is 0 Å². The molecule has 1 aromatic carbocycles. The molecule has 0 bridgehead atoms. The number of amides is 2. The lowest BCUT2D eigenvalue weighted by molar-refractivity contribution is -0.125. The number of halogens is 1. The molecule has 114 valence electrons. The number of hydrogen-bond acceptors (Lipinski definition) is 2. The number of carbonyl (C=O) groups is 2. The first-order chi connectivity index (χ1) is 10.0. The molecule has 2 amide bonds. The first kappa shape index (κ1) is 15.5. The average molecular weight is 292 g/mol. The fourth-order valence-corrected chi connectivity index (χ4v) is 2.65. The molecule has 1 N–H and O–H groups in total. The molecule has 1 aromatic rings. The van der Waals surface area contributed by atoms with Crippen LogP contribution < -0.4 is 10.2 Å². The number of carbonyl (C=O) groups excluding carboxylic acids is 2. The molecule has 5 heteroatoms. The van der Waals surface area contributed by atoms with Crippen molar-refractivity contribution in [1.82, 2.24) is 5.32 Å². The number of nitrogens with one attached hydrogen (secondary N) is 1. The van der Waals surface area contributed by atoms with Crippen molar-refractivity contribution in [2.24, 2.45) is 5.92 Å². The van der Waals surface area contributed by atoms with Gasteiger partial charge >= 0.3 is 0 Å². The van der Waals surface area contributed by atoms with Gasteiger partial charge in [-0.25, -0.2) is 4.39 Å². The van der Waals surface area contributed by atoms with E-state index in [1.165, 1.54) is 12.1 Å². The molecular formula is C16H21FN2O2. The Hall–Kier alpha value is -1.91. The molecule has 0 radical (unpaired) electrons. The average Bonchev–Trinajstić information content (AvgIpc) is 2.81. The van der Waals surface area contributed by atoms with Crippen LogP contribution in [0.3, 0.4) is 0 Å². The van der Waals surface area contributed by atoms with Crippen molar-refractivity contribution in [3.05, 3.63) is 30.1 Å². The summed E-state index contributed by atoms with van der Waals surface area (Å²) in [6, 6.07) is 5.66. The minimum absolute atomic E-state index is 0.0000248. The highest BCUT2D eigenvalue weighted by atomic mass is 19.1. The summed E-state index contributed by atoms with van der Waals surface area (Å²) < 4.78 is 12.9. The van der Waals surface area contributed by atoms with E-state index in [1.807, 2.05) is 13.8 Å². The normalized spacial score (nSPS) is 18.4. The number of hydrogen-bond donors (Lipinski definition) is 1. The van der Waals surface area contributed by atoms with Crippen molar-refractivity contribution in [2.45, 2.75) is 39.2 Å². The fourth-order valence-electron chi connectivity index (χ4n) is 2.65. The minimum Gasteiger partial charge on any atom is -0.351 e. The topological polar surface area (TPSA) is 49.4 Å². The lowest BCUT2D eigenvalue weighted by atomic mass is 10.0. The smallest absolute Gasteiger partial charge is 0.229 e. The molecule has 0 aliphatic carbocycles. The Labute approximate surface area is 124 Å². The van der Waals surface area contributed by atoms with Gasteiger partial charge < -0.3 is 10.2 Å². The number of rotatable bonds is 5. The first-order valence-corrected chi connectivity index (χ1v) is 7.41. The van der Waals surface area contributed by atoms with E-state index in [4.69, 9.17) is 0 Å². The van der Waals surface area contributed by atoms with Crippen molar-refractivity contribution in [3.8, 4) is 0 Å². The first-order valence-electron chi connectivity index (χ1n) is 7.41. The third kappa shape index (κ3) is 3.60. The van der Waals surface area contributed by atoms with Gasteiger partial charge in [0, 0.05) is 24.6 Å². The lowest BCUT2D eigenvalue weighted by Crippen LogP contribution is -2.40. The van der Waals surface area contributed by atoms with Crippen LogP contribution in [0.5, 0.6) is 0 Å². The quantitative estimate of drug-likeness (QED) is 0.906. The molecule has 0 saturated carbocycles. The summed E-state index contributed by atoms with van der Waals surface area (Å²) in [5.74, 6) is -0.362. The Morgan fingerprint density at radius 2 is 1.95 bits per heavy atom. The molecule has 0 unspecified atom stereocenters. The molecule has 1 aliphatic rings. The van der Waals surface area contributed by atoms with Gasteiger partial charge in [0.1, 0.15) is 5.82 Å². The van der Waals surface area contributed by atoms with Gasteiger partial charge in [0.25, 0.3) is 0 Å². The third-order valence-electron chi connectivity index (χ3n) is 3.97. The van der Waals surface area contributed by atoms with Crippen molar-refractivity contribution < 1.29 is 14.0 Å². The van der Waals surface area contributed by atoms with Gasteiger partial charge in [-0.2, -0.15) is 0 Å². The van der Waals surface area contributed by atoms with E-state index in [0.29, 0.717) is 18.7 Å². The second kappa shape index (κ2) is 6.70. The van der Waals surface area contributed by atoms with Crippen molar-refractivity contribution in [2.75, 3.05) is 11.4 Å². The monoisotopic (exact) mass is 292 g/mol. The summed E-state index contributed by atoms with van der Waals surface area (Å²) in [6.07, 6.45) is 1.89. The summed E-state index contributed by atoms with van der Waals surface area (Å²) in [7, 11) is 0. The second-order valence-electron chi connectivity index (χ2n) is 5.40. The van der Waals surface area contributed by atoms with Crippen molar-refractivity contribution in [3.63, 3.8) is 0 Å². The zero-order valence-corrected chi connectivity index (χ0v) is 12.4. The van der Waals surface area contributed by atoms with Crippen LogP contribution in [0.2, 0.25) is 0 Å². The van der Waals surface area contributed by atoms with E-state index < -0.39 is 0 Å². The Balaban J connectivity index is 1.99. The van der Waals surface area contributed by atoms with Gasteiger partial charge in [0.2, 0.25) is 11.8 Å². The van der Waals surface area contributed by atoms with Crippen LogP contribution in [-0.2, 0) is 9.59 Å². The molecule has 4 nitrogen and oxygen atoms in total. The summed E-state index contributed by atoms with van der Waals surface area (Å²) in [4.78, 5) is 25.7. The van der Waals surface area contributed by atoms with Crippen LogP contribution in [0.25, 0.3) is 0 Å². The van der Waals surface area contributed by atoms with E-state index in [1.54, 1.807) is 17.0 Å². The van der Waals surface area contributed by atoms with E-state index in [-0.39, 0.29) is 29.6 Å². The molecule has 1 heterocycles. The summed E-state index contributed by atoms with van der Waals surface area (Å²) in [5, 5.41) is 2.95. The Morgan fingerprint density at radius 1 is 1.33 bits per heavy atom. The Kier molecular flexibility index (Phi) is 4.94. The predicted molar refractivity (Wildman–Crippen MR) is 79.4 cm³/mol. The summed E-state index contributed by atoms with van der Waals surface area (Å²) >= 11 is 0. The van der Waals surface area contributed by atoms with Gasteiger partial charge in [0.15, 0.2) is 0 Å². The lowest BCUT2D eigenvalue weighted by Gasteiger charge is -2.19. The molecular weight excluding hydrogens is 271 g/mol. The van der Waals surface area contributed by atoms with Crippen LogP contribution in [0, 0.1) is 11.7 Å². The molecule has 1 atom stereocenters. The van der Waals surface area contributed by atoms with Crippen LogP contribution >= 0.6 is 0 Å². The van der Waals surface area contributed by atoms with Gasteiger partial charge in [-0.3, -0.25) is 9.59 Å². The highest BCUT2D eigenvalue weighted by molar-refractivity contribution is 5.96.